The van der Waals surface area contributed by atoms with Gasteiger partial charge in [0.15, 0.2) is 0 Å². The summed E-state index contributed by atoms with van der Waals surface area (Å²) in [6, 6.07) is 7.31. The highest BCUT2D eigenvalue weighted by molar-refractivity contribution is 7.15. The Bertz CT molecular complexity index is 892. The summed E-state index contributed by atoms with van der Waals surface area (Å²) in [5, 5.41) is 4.59. The number of nitrogens with one attached hydrogen (secondary N) is 1. The van der Waals surface area contributed by atoms with Gasteiger partial charge in [0.1, 0.15) is 4.34 Å². The summed E-state index contributed by atoms with van der Waals surface area (Å²) in [7, 11) is 3.93. The molecule has 3 heterocycles. The maximum atomic E-state index is 13.6. The molecular weight excluding hydrogens is 384 g/mol. The van der Waals surface area contributed by atoms with Gasteiger partial charge in [-0.05, 0) is 45.1 Å². The van der Waals surface area contributed by atoms with Crippen LogP contribution in [0.4, 0.5) is 21.9 Å². The number of benzene rings is 1. The van der Waals surface area contributed by atoms with E-state index in [1.165, 1.54) is 11.3 Å². The van der Waals surface area contributed by atoms with E-state index in [9.17, 15) is 9.59 Å². The number of piperidine rings is 1. The maximum absolute atomic E-state index is 13.6. The van der Waals surface area contributed by atoms with Crippen molar-refractivity contribution in [2.45, 2.75) is 18.9 Å². The molecule has 0 unspecified atom stereocenters. The fraction of sp³-hybridized carbons (Fsp3) is 0.368. The third-order valence-electron chi connectivity index (χ3n) is 5.31. The molecule has 0 atom stereocenters. The highest BCUT2D eigenvalue weighted by Gasteiger charge is 2.36. The fourth-order valence-electron chi connectivity index (χ4n) is 3.68. The molecule has 0 aliphatic carbocycles. The van der Waals surface area contributed by atoms with Crippen LogP contribution < -0.4 is 10.2 Å². The van der Waals surface area contributed by atoms with Gasteiger partial charge in [-0.15, -0.1) is 11.3 Å². The summed E-state index contributed by atoms with van der Waals surface area (Å²) in [5.41, 5.74) is 2.12. The summed E-state index contributed by atoms with van der Waals surface area (Å²) in [6.07, 6.45) is 1.85. The molecule has 1 aromatic carbocycles. The van der Waals surface area contributed by atoms with Crippen LogP contribution in [-0.2, 0) is 0 Å². The van der Waals surface area contributed by atoms with Crippen molar-refractivity contribution in [2.75, 3.05) is 37.4 Å². The molecule has 1 aromatic heterocycles. The molecule has 8 heteroatoms. The van der Waals surface area contributed by atoms with Crippen molar-refractivity contribution in [1.29, 1.82) is 0 Å². The van der Waals surface area contributed by atoms with E-state index in [1.807, 2.05) is 25.2 Å². The van der Waals surface area contributed by atoms with Crippen LogP contribution in [0.15, 0.2) is 29.6 Å². The van der Waals surface area contributed by atoms with Crippen LogP contribution in [0.2, 0.25) is 4.34 Å². The lowest BCUT2D eigenvalue weighted by Gasteiger charge is -2.37. The van der Waals surface area contributed by atoms with Gasteiger partial charge in [0.05, 0.1) is 22.6 Å². The monoisotopic (exact) mass is 404 g/mol. The molecule has 1 saturated heterocycles. The first-order chi connectivity index (χ1) is 13.0. The van der Waals surface area contributed by atoms with Crippen molar-refractivity contribution in [1.82, 2.24) is 9.80 Å². The second-order valence-electron chi connectivity index (χ2n) is 7.01. The zero-order valence-electron chi connectivity index (χ0n) is 15.2. The number of hydrogen-bond donors (Lipinski definition) is 1. The minimum atomic E-state index is -0.252. The standard InChI is InChI=1S/C19H21ClN4O2S/c1-22-9-7-12(8-10-22)23(2)19(26)24-15-6-4-3-5-14(15)21-18(25)13-11-27-17(20)16(13)24/h3-6,11-12H,7-10H2,1-2H3,(H,21,25). The quantitative estimate of drug-likeness (QED) is 0.772. The Labute approximate surface area is 167 Å². The minimum absolute atomic E-state index is 0.161. The third-order valence-corrected chi connectivity index (χ3v) is 6.51. The van der Waals surface area contributed by atoms with E-state index in [2.05, 4.69) is 17.3 Å². The molecule has 0 bridgehead atoms. The van der Waals surface area contributed by atoms with Crippen molar-refractivity contribution < 1.29 is 9.59 Å². The van der Waals surface area contributed by atoms with Gasteiger partial charge < -0.3 is 15.1 Å². The van der Waals surface area contributed by atoms with E-state index in [0.717, 1.165) is 25.9 Å². The van der Waals surface area contributed by atoms with Crippen LogP contribution in [0, 0.1) is 0 Å². The van der Waals surface area contributed by atoms with E-state index >= 15 is 0 Å². The lowest BCUT2D eigenvalue weighted by atomic mass is 10.0. The van der Waals surface area contributed by atoms with Crippen LogP contribution in [0.25, 0.3) is 0 Å². The molecule has 0 saturated carbocycles. The second-order valence-corrected chi connectivity index (χ2v) is 8.49. The molecule has 3 amide bonds. The van der Waals surface area contributed by atoms with Crippen LogP contribution >= 0.6 is 22.9 Å². The fourth-order valence-corrected chi connectivity index (χ4v) is 4.75. The number of likely N-dealkylation sites (tertiary alicyclic amines) is 1. The molecule has 1 fully saturated rings. The van der Waals surface area contributed by atoms with Crippen molar-refractivity contribution in [2.24, 2.45) is 0 Å². The summed E-state index contributed by atoms with van der Waals surface area (Å²) in [5.74, 6) is -0.252. The molecule has 27 heavy (non-hydrogen) atoms. The summed E-state index contributed by atoms with van der Waals surface area (Å²) >= 11 is 7.69. The zero-order chi connectivity index (χ0) is 19.1. The van der Waals surface area contributed by atoms with Crippen molar-refractivity contribution >= 4 is 51.9 Å². The van der Waals surface area contributed by atoms with E-state index in [4.69, 9.17) is 11.6 Å². The number of urea groups is 1. The average Bonchev–Trinajstić information content (AvgIpc) is 2.98. The molecule has 4 rings (SSSR count). The number of anilines is 3. The lowest BCUT2D eigenvalue weighted by molar-refractivity contribution is 0.102. The Morgan fingerprint density at radius 2 is 2.00 bits per heavy atom. The summed E-state index contributed by atoms with van der Waals surface area (Å²) in [4.78, 5) is 31.8. The lowest BCUT2D eigenvalue weighted by Crippen LogP contribution is -2.48. The molecule has 1 N–H and O–H groups in total. The predicted molar refractivity (Wildman–Crippen MR) is 110 cm³/mol. The number of para-hydroxylation sites is 2. The van der Waals surface area contributed by atoms with Gasteiger partial charge in [0.25, 0.3) is 5.91 Å². The number of halogens is 1. The van der Waals surface area contributed by atoms with Gasteiger partial charge in [-0.2, -0.15) is 0 Å². The first kappa shape index (κ1) is 18.3. The number of nitrogens with zero attached hydrogens (tertiary/aromatic N) is 3. The first-order valence-corrected chi connectivity index (χ1v) is 10.2. The number of rotatable bonds is 1. The van der Waals surface area contributed by atoms with Crippen molar-refractivity contribution in [3.8, 4) is 0 Å². The SMILES string of the molecule is CN1CCC(N(C)C(=O)N2c3ccccc3NC(=O)c3csc(Cl)c32)CC1. The Morgan fingerprint density at radius 3 is 2.74 bits per heavy atom. The predicted octanol–water partition coefficient (Wildman–Crippen LogP) is 4.25. The van der Waals surface area contributed by atoms with Crippen molar-refractivity contribution in [3.05, 3.63) is 39.5 Å². The summed E-state index contributed by atoms with van der Waals surface area (Å²) < 4.78 is 0.432. The van der Waals surface area contributed by atoms with Gasteiger partial charge in [-0.3, -0.25) is 9.69 Å². The van der Waals surface area contributed by atoms with E-state index < -0.39 is 0 Å². The molecule has 2 aromatic rings. The maximum Gasteiger partial charge on any atom is 0.329 e. The van der Waals surface area contributed by atoms with E-state index in [0.29, 0.717) is 27.0 Å². The Kier molecular flexibility index (Phi) is 4.84. The number of hydrogen-bond acceptors (Lipinski definition) is 4. The Balaban J connectivity index is 1.76. The average molecular weight is 405 g/mol. The number of thiophene rings is 1. The van der Waals surface area contributed by atoms with Crippen LogP contribution in [0.5, 0.6) is 0 Å². The number of amides is 3. The van der Waals surface area contributed by atoms with Gasteiger partial charge in [-0.25, -0.2) is 4.79 Å². The smallest absolute Gasteiger partial charge is 0.324 e. The third kappa shape index (κ3) is 3.20. The van der Waals surface area contributed by atoms with Gasteiger partial charge in [0.2, 0.25) is 0 Å². The molecule has 0 radical (unpaired) electrons. The number of carbonyl (C=O) groups excluding carboxylic acids is 2. The zero-order valence-corrected chi connectivity index (χ0v) is 16.8. The van der Waals surface area contributed by atoms with Crippen molar-refractivity contribution in [3.63, 3.8) is 0 Å². The van der Waals surface area contributed by atoms with Crippen LogP contribution in [0.1, 0.15) is 23.2 Å². The molecule has 2 aliphatic rings. The largest absolute Gasteiger partial charge is 0.329 e. The topological polar surface area (TPSA) is 55.9 Å². The highest BCUT2D eigenvalue weighted by atomic mass is 35.5. The summed E-state index contributed by atoms with van der Waals surface area (Å²) in [6.45, 7) is 1.92. The number of fused-ring (bicyclic) bond motifs is 2. The normalized spacial score (nSPS) is 17.7. The van der Waals surface area contributed by atoms with Gasteiger partial charge in [-0.1, -0.05) is 23.7 Å². The highest BCUT2D eigenvalue weighted by Crippen LogP contribution is 2.45. The Morgan fingerprint density at radius 1 is 1.30 bits per heavy atom. The van der Waals surface area contributed by atoms with Crippen LogP contribution in [-0.4, -0.2) is 55.0 Å². The molecule has 2 aliphatic heterocycles. The van der Waals surface area contributed by atoms with Crippen LogP contribution in [0.3, 0.4) is 0 Å². The van der Waals surface area contributed by atoms with E-state index in [1.54, 1.807) is 21.2 Å². The second kappa shape index (κ2) is 7.14. The minimum Gasteiger partial charge on any atom is -0.324 e. The van der Waals surface area contributed by atoms with Gasteiger partial charge >= 0.3 is 6.03 Å². The Hall–Kier alpha value is -2.09. The van der Waals surface area contributed by atoms with Gasteiger partial charge in [0, 0.05) is 18.5 Å². The molecular formula is C19H21ClN4O2S. The molecule has 0 spiro atoms. The van der Waals surface area contributed by atoms with E-state index in [-0.39, 0.29) is 18.0 Å². The first-order valence-electron chi connectivity index (χ1n) is 8.90. The number of carbonyl (C=O) groups is 2. The molecule has 142 valence electrons. The molecule has 6 nitrogen and oxygen atoms in total.